The summed E-state index contributed by atoms with van der Waals surface area (Å²) in [6, 6.07) is 0.390. The third-order valence-corrected chi connectivity index (χ3v) is 1.83. The normalized spacial score (nSPS) is 12.4. The molecule has 0 aromatic carbocycles. The molecule has 0 spiro atoms. The molecule has 0 fully saturated rings. The minimum absolute atomic E-state index is 0.390. The predicted octanol–water partition coefficient (Wildman–Crippen LogP) is 3.48. The number of nitrogens with zero attached hydrogens (tertiary/aromatic N) is 1. The summed E-state index contributed by atoms with van der Waals surface area (Å²) in [6.45, 7) is -1.48. The van der Waals surface area contributed by atoms with Crippen molar-refractivity contribution in [3.05, 3.63) is 17.5 Å². The average molecular weight is 293 g/mol. The SMILES string of the molecule is COc1c(OC(F)(F)F)cc(CF)nc1C(F)(F)F. The van der Waals surface area contributed by atoms with Crippen LogP contribution in [-0.2, 0) is 12.9 Å². The van der Waals surface area contributed by atoms with Crippen LogP contribution >= 0.6 is 0 Å². The minimum atomic E-state index is -5.24. The van der Waals surface area contributed by atoms with Gasteiger partial charge in [-0.2, -0.15) is 13.2 Å². The number of hydrogen-bond acceptors (Lipinski definition) is 3. The molecule has 3 nitrogen and oxygen atoms in total. The monoisotopic (exact) mass is 293 g/mol. The highest BCUT2D eigenvalue weighted by Crippen LogP contribution is 2.42. The lowest BCUT2D eigenvalue weighted by molar-refractivity contribution is -0.275. The van der Waals surface area contributed by atoms with Crippen molar-refractivity contribution in [1.29, 1.82) is 0 Å². The average Bonchev–Trinajstić information content (AvgIpc) is 2.24. The topological polar surface area (TPSA) is 31.4 Å². The molecule has 19 heavy (non-hydrogen) atoms. The summed E-state index contributed by atoms with van der Waals surface area (Å²) in [7, 11) is 0.713. The van der Waals surface area contributed by atoms with Crippen LogP contribution in [0.1, 0.15) is 11.4 Å². The van der Waals surface area contributed by atoms with Crippen molar-refractivity contribution in [2.24, 2.45) is 0 Å². The van der Waals surface area contributed by atoms with Gasteiger partial charge in [0.05, 0.1) is 12.8 Å². The molecule has 10 heteroatoms. The zero-order valence-electron chi connectivity index (χ0n) is 9.19. The summed E-state index contributed by atoms with van der Waals surface area (Å²) in [5, 5.41) is 0. The van der Waals surface area contributed by atoms with E-state index in [1.54, 1.807) is 0 Å². The summed E-state index contributed by atoms with van der Waals surface area (Å²) >= 11 is 0. The Morgan fingerprint density at radius 3 is 2.11 bits per heavy atom. The molecule has 1 heterocycles. The zero-order valence-corrected chi connectivity index (χ0v) is 9.19. The molecule has 0 aliphatic carbocycles. The van der Waals surface area contributed by atoms with E-state index in [-0.39, 0.29) is 0 Å². The molecule has 108 valence electrons. The highest BCUT2D eigenvalue weighted by molar-refractivity contribution is 5.46. The molecule has 0 atom stereocenters. The molecule has 0 unspecified atom stereocenters. The van der Waals surface area contributed by atoms with Crippen LogP contribution in [0.15, 0.2) is 6.07 Å². The maximum absolute atomic E-state index is 12.6. The molecule has 0 radical (unpaired) electrons. The first-order valence-corrected chi connectivity index (χ1v) is 4.55. The lowest BCUT2D eigenvalue weighted by Crippen LogP contribution is -2.20. The van der Waals surface area contributed by atoms with Crippen molar-refractivity contribution in [2.75, 3.05) is 7.11 Å². The van der Waals surface area contributed by atoms with E-state index in [1.807, 2.05) is 0 Å². The molecule has 0 saturated heterocycles. The Hall–Kier alpha value is -1.74. The Balaban J connectivity index is 3.44. The van der Waals surface area contributed by atoms with Crippen LogP contribution in [0.5, 0.6) is 11.5 Å². The second-order valence-corrected chi connectivity index (χ2v) is 3.17. The fraction of sp³-hybridized carbons (Fsp3) is 0.444. The Morgan fingerprint density at radius 1 is 1.16 bits per heavy atom. The van der Waals surface area contributed by atoms with Crippen molar-refractivity contribution in [2.45, 2.75) is 19.2 Å². The Morgan fingerprint density at radius 2 is 1.74 bits per heavy atom. The smallest absolute Gasteiger partial charge is 0.491 e. The summed E-state index contributed by atoms with van der Waals surface area (Å²) in [5.41, 5.74) is -2.64. The third-order valence-electron chi connectivity index (χ3n) is 1.83. The van der Waals surface area contributed by atoms with Crippen molar-refractivity contribution >= 4 is 0 Å². The molecule has 0 N–H and O–H groups in total. The molecular weight excluding hydrogens is 287 g/mol. The van der Waals surface area contributed by atoms with Crippen LogP contribution in [0.25, 0.3) is 0 Å². The summed E-state index contributed by atoms with van der Waals surface area (Å²) in [5.74, 6) is -2.56. The molecule has 1 aromatic heterocycles. The quantitative estimate of drug-likeness (QED) is 0.800. The van der Waals surface area contributed by atoms with Gasteiger partial charge in [0.2, 0.25) is 0 Å². The van der Waals surface area contributed by atoms with E-state index in [9.17, 15) is 30.7 Å². The Labute approximate surface area is 101 Å². The van der Waals surface area contributed by atoms with Crippen LogP contribution in [-0.4, -0.2) is 18.5 Å². The van der Waals surface area contributed by atoms with Crippen LogP contribution < -0.4 is 9.47 Å². The van der Waals surface area contributed by atoms with Gasteiger partial charge in [-0.3, -0.25) is 0 Å². The van der Waals surface area contributed by atoms with E-state index in [1.165, 1.54) is 0 Å². The van der Waals surface area contributed by atoms with Crippen molar-refractivity contribution in [3.63, 3.8) is 0 Å². The van der Waals surface area contributed by atoms with Gasteiger partial charge in [0.1, 0.15) is 6.67 Å². The van der Waals surface area contributed by atoms with Crippen LogP contribution in [0, 0.1) is 0 Å². The largest absolute Gasteiger partial charge is 0.573 e. The van der Waals surface area contributed by atoms with Gasteiger partial charge >= 0.3 is 12.5 Å². The maximum atomic E-state index is 12.6. The van der Waals surface area contributed by atoms with Gasteiger partial charge in [-0.25, -0.2) is 9.37 Å². The lowest BCUT2D eigenvalue weighted by atomic mass is 10.2. The standard InChI is InChI=1S/C9H6F7NO2/c1-18-6-5(19-9(14,15)16)2-4(3-10)17-7(6)8(11,12)13/h2H,3H2,1H3. The van der Waals surface area contributed by atoms with Crippen molar-refractivity contribution in [1.82, 2.24) is 4.98 Å². The van der Waals surface area contributed by atoms with E-state index in [4.69, 9.17) is 0 Å². The second kappa shape index (κ2) is 5.10. The van der Waals surface area contributed by atoms with Crippen molar-refractivity contribution in [3.8, 4) is 11.5 Å². The fourth-order valence-electron chi connectivity index (χ4n) is 1.22. The van der Waals surface area contributed by atoms with Gasteiger partial charge in [-0.15, -0.1) is 13.2 Å². The predicted molar refractivity (Wildman–Crippen MR) is 47.3 cm³/mol. The van der Waals surface area contributed by atoms with E-state index < -0.39 is 42.1 Å². The molecule has 0 aliphatic heterocycles. The minimum Gasteiger partial charge on any atom is -0.491 e. The zero-order chi connectivity index (χ0) is 14.8. The summed E-state index contributed by atoms with van der Waals surface area (Å²) < 4.78 is 93.8. The Bertz CT molecular complexity index is 455. The molecular formula is C9H6F7NO2. The molecule has 0 amide bonds. The first-order valence-electron chi connectivity index (χ1n) is 4.55. The van der Waals surface area contributed by atoms with Gasteiger partial charge in [0.15, 0.2) is 17.2 Å². The van der Waals surface area contributed by atoms with Gasteiger partial charge in [0.25, 0.3) is 0 Å². The number of methoxy groups -OCH3 is 1. The maximum Gasteiger partial charge on any atom is 0.573 e. The van der Waals surface area contributed by atoms with Crippen LogP contribution in [0.2, 0.25) is 0 Å². The summed E-state index contributed by atoms with van der Waals surface area (Å²) in [4.78, 5) is 2.85. The highest BCUT2D eigenvalue weighted by Gasteiger charge is 2.41. The van der Waals surface area contributed by atoms with Gasteiger partial charge in [0, 0.05) is 6.07 Å². The van der Waals surface area contributed by atoms with E-state index in [0.717, 1.165) is 0 Å². The third kappa shape index (κ3) is 3.86. The van der Waals surface area contributed by atoms with Gasteiger partial charge in [-0.1, -0.05) is 0 Å². The fourth-order valence-corrected chi connectivity index (χ4v) is 1.22. The number of rotatable bonds is 3. The second-order valence-electron chi connectivity index (χ2n) is 3.17. The van der Waals surface area contributed by atoms with Crippen LogP contribution in [0.3, 0.4) is 0 Å². The lowest BCUT2D eigenvalue weighted by Gasteiger charge is -2.17. The van der Waals surface area contributed by atoms with E-state index in [2.05, 4.69) is 14.5 Å². The van der Waals surface area contributed by atoms with Crippen molar-refractivity contribution < 1.29 is 40.2 Å². The molecule has 1 aromatic rings. The Kier molecular flexibility index (Phi) is 4.11. The van der Waals surface area contributed by atoms with Gasteiger partial charge in [-0.05, 0) is 0 Å². The van der Waals surface area contributed by atoms with E-state index >= 15 is 0 Å². The molecule has 1 rings (SSSR count). The number of pyridine rings is 1. The number of halogens is 7. The summed E-state index contributed by atoms with van der Waals surface area (Å²) in [6.07, 6.45) is -10.4. The molecule has 0 aliphatic rings. The van der Waals surface area contributed by atoms with Crippen LogP contribution in [0.4, 0.5) is 30.7 Å². The first kappa shape index (κ1) is 15.3. The number of alkyl halides is 7. The van der Waals surface area contributed by atoms with Gasteiger partial charge < -0.3 is 9.47 Å². The van der Waals surface area contributed by atoms with E-state index in [0.29, 0.717) is 13.2 Å². The highest BCUT2D eigenvalue weighted by atomic mass is 19.4. The first-order chi connectivity index (χ1) is 8.58. The molecule has 0 saturated carbocycles. The molecule has 0 bridgehead atoms. The number of aromatic nitrogens is 1. The number of hydrogen-bond donors (Lipinski definition) is 0. The number of ether oxygens (including phenoxy) is 2.